The molecule has 1 N–H and O–H groups in total. The summed E-state index contributed by atoms with van der Waals surface area (Å²) in [6, 6.07) is 19.0. The number of hydrogen-bond donors (Lipinski definition) is 1. The van der Waals surface area contributed by atoms with Gasteiger partial charge in [-0.2, -0.15) is 0 Å². The van der Waals surface area contributed by atoms with Gasteiger partial charge in [-0.3, -0.25) is 14.4 Å². The number of piperidine rings is 1. The summed E-state index contributed by atoms with van der Waals surface area (Å²) in [5.74, 6) is -1.43. The predicted molar refractivity (Wildman–Crippen MR) is 109 cm³/mol. The molecule has 0 saturated carbocycles. The first kappa shape index (κ1) is 20.6. The number of aliphatic carboxylic acids is 1. The van der Waals surface area contributed by atoms with Crippen LogP contribution in [0.4, 0.5) is 0 Å². The van der Waals surface area contributed by atoms with Crippen LogP contribution < -0.4 is 0 Å². The van der Waals surface area contributed by atoms with Crippen LogP contribution >= 0.6 is 0 Å². The molecule has 1 saturated heterocycles. The van der Waals surface area contributed by atoms with Crippen LogP contribution in [0.5, 0.6) is 0 Å². The Labute approximate surface area is 170 Å². The lowest BCUT2D eigenvalue weighted by Gasteiger charge is -2.42. The summed E-state index contributed by atoms with van der Waals surface area (Å²) in [5, 5.41) is 8.93. The third-order valence-corrected chi connectivity index (χ3v) is 5.40. The van der Waals surface area contributed by atoms with Gasteiger partial charge in [-0.05, 0) is 17.5 Å². The summed E-state index contributed by atoms with van der Waals surface area (Å²) in [6.07, 6.45) is 0.664. The number of carboxylic acid groups (broad SMARTS) is 1. The maximum absolute atomic E-state index is 13.2. The molecule has 0 radical (unpaired) electrons. The molecule has 0 aliphatic carbocycles. The number of hydrogen-bond acceptors (Lipinski definition) is 3. The fourth-order valence-corrected chi connectivity index (χ4v) is 3.90. The molecule has 1 fully saturated rings. The van der Waals surface area contributed by atoms with Crippen molar-refractivity contribution in [2.24, 2.45) is 5.92 Å². The van der Waals surface area contributed by atoms with Gasteiger partial charge >= 0.3 is 5.97 Å². The maximum Gasteiger partial charge on any atom is 0.305 e. The zero-order valence-electron chi connectivity index (χ0n) is 16.5. The molecule has 0 aromatic heterocycles. The monoisotopic (exact) mass is 394 g/mol. The number of likely N-dealkylation sites (tertiary alicyclic amines) is 1. The second-order valence-electron chi connectivity index (χ2n) is 7.41. The van der Waals surface area contributed by atoms with Crippen LogP contribution in [0, 0.1) is 5.92 Å². The molecule has 2 atom stereocenters. The van der Waals surface area contributed by atoms with Gasteiger partial charge in [0.1, 0.15) is 0 Å². The molecular formula is C23H26N2O4. The van der Waals surface area contributed by atoms with Crippen LogP contribution in [-0.4, -0.2) is 46.3 Å². The molecule has 3 rings (SSSR count). The summed E-state index contributed by atoms with van der Waals surface area (Å²) in [4.78, 5) is 40.2. The van der Waals surface area contributed by atoms with Crippen molar-refractivity contribution in [3.63, 3.8) is 0 Å². The zero-order valence-corrected chi connectivity index (χ0v) is 16.5. The largest absolute Gasteiger partial charge is 0.481 e. The number of carbonyl (C=O) groups is 3. The van der Waals surface area contributed by atoms with E-state index in [2.05, 4.69) is 0 Å². The van der Waals surface area contributed by atoms with E-state index in [1.165, 1.54) is 4.90 Å². The summed E-state index contributed by atoms with van der Waals surface area (Å²) >= 11 is 0. The van der Waals surface area contributed by atoms with E-state index < -0.39 is 11.9 Å². The number of benzene rings is 2. The molecule has 0 spiro atoms. The van der Waals surface area contributed by atoms with Crippen molar-refractivity contribution in [3.8, 4) is 0 Å². The summed E-state index contributed by atoms with van der Waals surface area (Å²) in [5.41, 5.74) is 1.93. The highest BCUT2D eigenvalue weighted by Crippen LogP contribution is 2.38. The number of nitrogens with zero attached hydrogens (tertiary/aromatic N) is 2. The van der Waals surface area contributed by atoms with Gasteiger partial charge in [0, 0.05) is 26.6 Å². The van der Waals surface area contributed by atoms with E-state index in [4.69, 9.17) is 5.11 Å². The Kier molecular flexibility index (Phi) is 6.65. The van der Waals surface area contributed by atoms with E-state index >= 15 is 0 Å². The Morgan fingerprint density at radius 2 is 1.69 bits per heavy atom. The summed E-state index contributed by atoms with van der Waals surface area (Å²) in [7, 11) is 1.63. The fraction of sp³-hybridized carbons (Fsp3) is 0.348. The Hall–Kier alpha value is -3.15. The molecule has 6 heteroatoms. The normalized spacial score (nSPS) is 19.1. The van der Waals surface area contributed by atoms with Crippen LogP contribution in [0.2, 0.25) is 0 Å². The van der Waals surface area contributed by atoms with E-state index in [1.54, 1.807) is 11.9 Å². The Bertz CT molecular complexity index is 854. The highest BCUT2D eigenvalue weighted by atomic mass is 16.4. The van der Waals surface area contributed by atoms with Crippen LogP contribution in [0.25, 0.3) is 0 Å². The average molecular weight is 394 g/mol. The second kappa shape index (κ2) is 9.37. The minimum absolute atomic E-state index is 0.0277. The van der Waals surface area contributed by atoms with Crippen molar-refractivity contribution in [2.45, 2.75) is 31.8 Å². The number of amides is 2. The Morgan fingerprint density at radius 1 is 1.07 bits per heavy atom. The SMILES string of the molecule is CN(CCC(=O)O)C(=O)C1CCC(=O)N(Cc2ccccc2)C1c1ccccc1. The first-order valence-corrected chi connectivity index (χ1v) is 9.82. The number of carboxylic acids is 1. The van der Waals surface area contributed by atoms with E-state index in [0.29, 0.717) is 19.4 Å². The first-order valence-electron chi connectivity index (χ1n) is 9.82. The number of rotatable bonds is 7. The molecule has 1 aliphatic rings. The predicted octanol–water partition coefficient (Wildman–Crippen LogP) is 3.10. The summed E-state index contributed by atoms with van der Waals surface area (Å²) < 4.78 is 0. The van der Waals surface area contributed by atoms with E-state index in [9.17, 15) is 14.4 Å². The highest BCUT2D eigenvalue weighted by Gasteiger charge is 2.41. The summed E-state index contributed by atoms with van der Waals surface area (Å²) in [6.45, 7) is 0.584. The topological polar surface area (TPSA) is 77.9 Å². The van der Waals surface area contributed by atoms with Gasteiger partial charge in [0.05, 0.1) is 18.4 Å². The van der Waals surface area contributed by atoms with Gasteiger partial charge in [0.15, 0.2) is 0 Å². The molecule has 2 aromatic carbocycles. The molecule has 1 aliphatic heterocycles. The number of carbonyl (C=O) groups excluding carboxylic acids is 2. The van der Waals surface area contributed by atoms with Crippen molar-refractivity contribution < 1.29 is 19.5 Å². The Morgan fingerprint density at radius 3 is 2.31 bits per heavy atom. The lowest BCUT2D eigenvalue weighted by Crippen LogP contribution is -2.48. The molecule has 6 nitrogen and oxygen atoms in total. The van der Waals surface area contributed by atoms with Gasteiger partial charge < -0.3 is 14.9 Å². The van der Waals surface area contributed by atoms with Gasteiger partial charge in [-0.15, -0.1) is 0 Å². The average Bonchev–Trinajstić information content (AvgIpc) is 2.74. The van der Waals surface area contributed by atoms with Crippen molar-refractivity contribution in [3.05, 3.63) is 71.8 Å². The van der Waals surface area contributed by atoms with Crippen LogP contribution in [0.1, 0.15) is 36.4 Å². The lowest BCUT2D eigenvalue weighted by atomic mass is 9.83. The van der Waals surface area contributed by atoms with Crippen LogP contribution in [-0.2, 0) is 20.9 Å². The minimum atomic E-state index is -0.936. The van der Waals surface area contributed by atoms with E-state index in [0.717, 1.165) is 11.1 Å². The molecule has 2 unspecified atom stereocenters. The maximum atomic E-state index is 13.2. The highest BCUT2D eigenvalue weighted by molar-refractivity contribution is 5.85. The molecule has 1 heterocycles. The minimum Gasteiger partial charge on any atom is -0.481 e. The quantitative estimate of drug-likeness (QED) is 0.783. The van der Waals surface area contributed by atoms with Crippen molar-refractivity contribution in [1.29, 1.82) is 0 Å². The third-order valence-electron chi connectivity index (χ3n) is 5.40. The van der Waals surface area contributed by atoms with E-state index in [1.807, 2.05) is 60.7 Å². The molecule has 2 amide bonds. The lowest BCUT2D eigenvalue weighted by molar-refractivity contribution is -0.148. The second-order valence-corrected chi connectivity index (χ2v) is 7.41. The molecule has 29 heavy (non-hydrogen) atoms. The van der Waals surface area contributed by atoms with Crippen molar-refractivity contribution in [1.82, 2.24) is 9.80 Å². The Balaban J connectivity index is 1.91. The van der Waals surface area contributed by atoms with E-state index in [-0.39, 0.29) is 30.8 Å². The van der Waals surface area contributed by atoms with Crippen LogP contribution in [0.3, 0.4) is 0 Å². The smallest absolute Gasteiger partial charge is 0.305 e. The molecule has 0 bridgehead atoms. The molecular weight excluding hydrogens is 368 g/mol. The van der Waals surface area contributed by atoms with Gasteiger partial charge in [0.2, 0.25) is 11.8 Å². The standard InChI is InChI=1S/C23H26N2O4/c1-24(15-14-21(27)28)23(29)19-12-13-20(26)25(16-17-8-4-2-5-9-17)22(19)18-10-6-3-7-11-18/h2-11,19,22H,12-16H2,1H3,(H,27,28). The van der Waals surface area contributed by atoms with Crippen LogP contribution in [0.15, 0.2) is 60.7 Å². The third kappa shape index (κ3) is 5.02. The fourth-order valence-electron chi connectivity index (χ4n) is 3.90. The van der Waals surface area contributed by atoms with Crippen molar-refractivity contribution >= 4 is 17.8 Å². The van der Waals surface area contributed by atoms with Gasteiger partial charge in [-0.25, -0.2) is 0 Å². The first-order chi connectivity index (χ1) is 14.0. The molecule has 2 aromatic rings. The van der Waals surface area contributed by atoms with Gasteiger partial charge in [0.25, 0.3) is 0 Å². The zero-order chi connectivity index (χ0) is 20.8. The van der Waals surface area contributed by atoms with Crippen molar-refractivity contribution in [2.75, 3.05) is 13.6 Å². The molecule has 152 valence electrons. The van der Waals surface area contributed by atoms with Gasteiger partial charge in [-0.1, -0.05) is 60.7 Å².